The third-order valence-corrected chi connectivity index (χ3v) is 4.05. The van der Waals surface area contributed by atoms with Crippen LogP contribution in [0.2, 0.25) is 0 Å². The molecule has 2 N–H and O–H groups in total. The van der Waals surface area contributed by atoms with Gasteiger partial charge >= 0.3 is 6.09 Å². The normalized spacial score (nSPS) is 12.1. The standard InChI is InChI=1S/C23H30N2O6/c1-7-13-29-17(5)21(25-23(27)31-16(3)4)22(26)24-12-11-18-9-10-19(30-14-8-2)20(15-18)28-6/h1-2,9-10,15-17,21H,11-14H2,3-6H3,(H,24,26)(H,25,27)/t17-,21+/m1/s1. The monoisotopic (exact) mass is 430 g/mol. The van der Waals surface area contributed by atoms with Crippen LogP contribution in [0.15, 0.2) is 18.2 Å². The number of alkyl carbamates (subject to hydrolysis) is 1. The Kier molecular flexibility index (Phi) is 11.4. The Bertz CT molecular complexity index is 809. The Morgan fingerprint density at radius 1 is 1.10 bits per heavy atom. The predicted octanol–water partition coefficient (Wildman–Crippen LogP) is 1.91. The molecule has 2 atom stereocenters. The zero-order valence-corrected chi connectivity index (χ0v) is 18.4. The molecule has 0 unspecified atom stereocenters. The molecule has 0 aliphatic carbocycles. The third-order valence-electron chi connectivity index (χ3n) is 4.05. The first-order valence-electron chi connectivity index (χ1n) is 9.85. The van der Waals surface area contributed by atoms with E-state index in [-0.39, 0.29) is 19.3 Å². The second kappa shape index (κ2) is 13.8. The van der Waals surface area contributed by atoms with E-state index in [0.29, 0.717) is 24.5 Å². The highest BCUT2D eigenvalue weighted by Crippen LogP contribution is 2.28. The molecule has 0 saturated carbocycles. The molecule has 0 aliphatic rings. The number of carbonyl (C=O) groups is 2. The van der Waals surface area contributed by atoms with Gasteiger partial charge in [-0.2, -0.15) is 0 Å². The molecule has 0 fully saturated rings. The zero-order valence-electron chi connectivity index (χ0n) is 18.4. The number of ether oxygens (including phenoxy) is 4. The lowest BCUT2D eigenvalue weighted by Crippen LogP contribution is -2.53. The number of hydrogen-bond donors (Lipinski definition) is 2. The van der Waals surface area contributed by atoms with E-state index < -0.39 is 24.1 Å². The van der Waals surface area contributed by atoms with Gasteiger partial charge in [-0.05, 0) is 44.9 Å². The summed E-state index contributed by atoms with van der Waals surface area (Å²) in [6.07, 6.45) is 9.26. The van der Waals surface area contributed by atoms with Crippen LogP contribution in [0, 0.1) is 24.7 Å². The summed E-state index contributed by atoms with van der Waals surface area (Å²) in [4.78, 5) is 24.7. The molecule has 0 spiro atoms. The minimum atomic E-state index is -0.964. The molecule has 8 nitrogen and oxygen atoms in total. The molecule has 8 heteroatoms. The summed E-state index contributed by atoms with van der Waals surface area (Å²) in [6, 6.07) is 4.46. The van der Waals surface area contributed by atoms with Gasteiger partial charge in [-0.25, -0.2) is 4.79 Å². The van der Waals surface area contributed by atoms with Crippen LogP contribution in [-0.2, 0) is 20.7 Å². The highest BCUT2D eigenvalue weighted by atomic mass is 16.6. The van der Waals surface area contributed by atoms with E-state index in [9.17, 15) is 9.59 Å². The number of benzene rings is 1. The maximum Gasteiger partial charge on any atom is 0.408 e. The van der Waals surface area contributed by atoms with Gasteiger partial charge in [0.2, 0.25) is 5.91 Å². The molecule has 0 aliphatic heterocycles. The fourth-order valence-corrected chi connectivity index (χ4v) is 2.59. The van der Waals surface area contributed by atoms with Crippen molar-refractivity contribution in [1.82, 2.24) is 10.6 Å². The van der Waals surface area contributed by atoms with Gasteiger partial charge in [0.1, 0.15) is 19.3 Å². The predicted molar refractivity (Wildman–Crippen MR) is 117 cm³/mol. The lowest BCUT2D eigenvalue weighted by atomic mass is 10.1. The fourth-order valence-electron chi connectivity index (χ4n) is 2.59. The van der Waals surface area contributed by atoms with Crippen LogP contribution >= 0.6 is 0 Å². The maximum absolute atomic E-state index is 12.7. The van der Waals surface area contributed by atoms with Crippen LogP contribution in [0.3, 0.4) is 0 Å². The molecule has 0 radical (unpaired) electrons. The number of nitrogens with one attached hydrogen (secondary N) is 2. The van der Waals surface area contributed by atoms with Crippen molar-refractivity contribution in [3.8, 4) is 36.2 Å². The van der Waals surface area contributed by atoms with Gasteiger partial charge in [-0.3, -0.25) is 4.79 Å². The minimum absolute atomic E-state index is 0.0136. The van der Waals surface area contributed by atoms with Gasteiger partial charge in [0, 0.05) is 6.54 Å². The number of methoxy groups -OCH3 is 1. The van der Waals surface area contributed by atoms with E-state index in [0.717, 1.165) is 5.56 Å². The summed E-state index contributed by atoms with van der Waals surface area (Å²) in [5.74, 6) is 5.42. The van der Waals surface area contributed by atoms with Gasteiger partial charge in [0.15, 0.2) is 11.5 Å². The number of carbonyl (C=O) groups excluding carboxylic acids is 2. The molecule has 168 valence electrons. The number of terminal acetylenes is 2. The second-order valence-corrected chi connectivity index (χ2v) is 6.82. The van der Waals surface area contributed by atoms with E-state index in [1.54, 1.807) is 26.8 Å². The first kappa shape index (κ1) is 25.7. The van der Waals surface area contributed by atoms with E-state index in [4.69, 9.17) is 31.8 Å². The van der Waals surface area contributed by atoms with Crippen molar-refractivity contribution in [3.05, 3.63) is 23.8 Å². The SMILES string of the molecule is C#CCOc1ccc(CCNC(=O)[C@@H](NC(=O)OC(C)C)[C@@H](C)OCC#C)cc1OC. The first-order chi connectivity index (χ1) is 14.8. The van der Waals surface area contributed by atoms with E-state index in [1.807, 2.05) is 12.1 Å². The Morgan fingerprint density at radius 2 is 1.81 bits per heavy atom. The van der Waals surface area contributed by atoms with E-state index >= 15 is 0 Å². The summed E-state index contributed by atoms with van der Waals surface area (Å²) >= 11 is 0. The average Bonchev–Trinajstić information content (AvgIpc) is 2.74. The summed E-state index contributed by atoms with van der Waals surface area (Å²) in [6.45, 7) is 5.55. The Morgan fingerprint density at radius 3 is 2.42 bits per heavy atom. The maximum atomic E-state index is 12.7. The van der Waals surface area contributed by atoms with Crippen molar-refractivity contribution in [3.63, 3.8) is 0 Å². The van der Waals surface area contributed by atoms with Crippen LogP contribution in [0.5, 0.6) is 11.5 Å². The van der Waals surface area contributed by atoms with Gasteiger partial charge < -0.3 is 29.6 Å². The van der Waals surface area contributed by atoms with Gasteiger partial charge in [-0.15, -0.1) is 12.8 Å². The van der Waals surface area contributed by atoms with Gasteiger partial charge in [0.25, 0.3) is 0 Å². The molecule has 1 aromatic rings. The second-order valence-electron chi connectivity index (χ2n) is 6.82. The molecule has 1 rings (SSSR count). The van der Waals surface area contributed by atoms with Crippen LogP contribution < -0.4 is 20.1 Å². The Labute approximate surface area is 184 Å². The number of hydrogen-bond acceptors (Lipinski definition) is 6. The minimum Gasteiger partial charge on any atom is -0.493 e. The van der Waals surface area contributed by atoms with Gasteiger partial charge in [-0.1, -0.05) is 17.9 Å². The van der Waals surface area contributed by atoms with Crippen LogP contribution in [-0.4, -0.2) is 57.1 Å². The molecular weight excluding hydrogens is 400 g/mol. The molecule has 0 bridgehead atoms. The molecule has 31 heavy (non-hydrogen) atoms. The summed E-state index contributed by atoms with van der Waals surface area (Å²) in [5.41, 5.74) is 0.922. The lowest BCUT2D eigenvalue weighted by Gasteiger charge is -2.24. The number of rotatable bonds is 12. The molecular formula is C23H30N2O6. The molecule has 0 saturated heterocycles. The van der Waals surface area contributed by atoms with Crippen LogP contribution in [0.25, 0.3) is 0 Å². The molecule has 0 aromatic heterocycles. The van der Waals surface area contributed by atoms with E-state index in [2.05, 4.69) is 22.5 Å². The molecule has 1 aromatic carbocycles. The third kappa shape index (κ3) is 9.33. The lowest BCUT2D eigenvalue weighted by molar-refractivity contribution is -0.126. The van der Waals surface area contributed by atoms with Crippen LogP contribution in [0.1, 0.15) is 26.3 Å². The Balaban J connectivity index is 2.72. The Hall–Kier alpha value is -3.36. The van der Waals surface area contributed by atoms with Crippen molar-refractivity contribution in [2.45, 2.75) is 45.4 Å². The van der Waals surface area contributed by atoms with Crippen molar-refractivity contribution >= 4 is 12.0 Å². The quantitative estimate of drug-likeness (QED) is 0.492. The fraction of sp³-hybridized carbons (Fsp3) is 0.478. The zero-order chi connectivity index (χ0) is 23.2. The topological polar surface area (TPSA) is 95.1 Å². The molecule has 2 amide bonds. The van der Waals surface area contributed by atoms with Crippen molar-refractivity contribution in [1.29, 1.82) is 0 Å². The number of amides is 2. The van der Waals surface area contributed by atoms with Crippen molar-refractivity contribution in [2.24, 2.45) is 0 Å². The first-order valence-corrected chi connectivity index (χ1v) is 9.85. The smallest absolute Gasteiger partial charge is 0.408 e. The largest absolute Gasteiger partial charge is 0.493 e. The summed E-state index contributed by atoms with van der Waals surface area (Å²) in [7, 11) is 1.54. The summed E-state index contributed by atoms with van der Waals surface area (Å²) in [5, 5.41) is 5.33. The summed E-state index contributed by atoms with van der Waals surface area (Å²) < 4.78 is 21.2. The van der Waals surface area contributed by atoms with E-state index in [1.165, 1.54) is 7.11 Å². The molecule has 0 heterocycles. The van der Waals surface area contributed by atoms with Crippen molar-refractivity contribution < 1.29 is 28.5 Å². The highest BCUT2D eigenvalue weighted by molar-refractivity contribution is 5.86. The van der Waals surface area contributed by atoms with Crippen molar-refractivity contribution in [2.75, 3.05) is 26.9 Å². The average molecular weight is 431 g/mol. The van der Waals surface area contributed by atoms with Gasteiger partial charge in [0.05, 0.1) is 19.3 Å². The highest BCUT2D eigenvalue weighted by Gasteiger charge is 2.28. The van der Waals surface area contributed by atoms with Crippen LogP contribution in [0.4, 0.5) is 4.79 Å².